The number of rotatable bonds is 11. The van der Waals surface area contributed by atoms with Crippen LogP contribution in [-0.4, -0.2) is 44.2 Å². The second-order valence-corrected chi connectivity index (χ2v) is 11.0. The van der Waals surface area contributed by atoms with Gasteiger partial charge in [-0.15, -0.1) is 20.4 Å². The van der Waals surface area contributed by atoms with E-state index in [1.165, 1.54) is 22.7 Å². The van der Waals surface area contributed by atoms with Crippen molar-refractivity contribution in [2.45, 2.75) is 50.6 Å². The van der Waals surface area contributed by atoms with Gasteiger partial charge in [-0.25, -0.2) is 0 Å². The molecule has 2 heterocycles. The van der Waals surface area contributed by atoms with E-state index in [1.54, 1.807) is 0 Å². The summed E-state index contributed by atoms with van der Waals surface area (Å²) >= 11 is 2.77. The Kier molecular flexibility index (Phi) is 8.11. The van der Waals surface area contributed by atoms with Crippen LogP contribution in [0.2, 0.25) is 0 Å². The number of Topliss-reactive ketones (excluding diaryl/α,β-unsaturated/α-hetero) is 1. The van der Waals surface area contributed by atoms with Crippen molar-refractivity contribution in [3.05, 3.63) is 76.8 Å². The smallest absolute Gasteiger partial charge is 0.230 e. The topological polar surface area (TPSA) is 122 Å². The summed E-state index contributed by atoms with van der Waals surface area (Å²) in [6.07, 6.45) is 3.87. The van der Waals surface area contributed by atoms with Crippen molar-refractivity contribution in [3.8, 4) is 0 Å². The number of nitrogens with zero attached hydrogens (tertiary/aromatic N) is 4. The van der Waals surface area contributed by atoms with E-state index in [0.29, 0.717) is 29.5 Å². The van der Waals surface area contributed by atoms with Crippen molar-refractivity contribution in [1.82, 2.24) is 20.4 Å². The molecule has 1 fully saturated rings. The van der Waals surface area contributed by atoms with Crippen molar-refractivity contribution < 1.29 is 9.59 Å². The highest BCUT2D eigenvalue weighted by Crippen LogP contribution is 2.29. The summed E-state index contributed by atoms with van der Waals surface area (Å²) in [5.41, 5.74) is 1.96. The first-order chi connectivity index (χ1) is 18.1. The molecule has 3 N–H and O–H groups in total. The van der Waals surface area contributed by atoms with E-state index in [9.17, 15) is 9.59 Å². The second-order valence-electron chi connectivity index (χ2n) is 9.00. The molecular weight excluding hydrogens is 506 g/mol. The predicted octanol–water partition coefficient (Wildman–Crippen LogP) is 4.37. The highest BCUT2D eigenvalue weighted by molar-refractivity contribution is 7.19. The van der Waals surface area contributed by atoms with Crippen LogP contribution in [0.3, 0.4) is 0 Å². The first kappa shape index (κ1) is 25.0. The maximum absolute atomic E-state index is 12.4. The molecule has 1 amide bonds. The molecule has 5 rings (SSSR count). The fourth-order valence-electron chi connectivity index (χ4n) is 4.31. The van der Waals surface area contributed by atoms with Gasteiger partial charge in [0.2, 0.25) is 21.3 Å². The fraction of sp³-hybridized carbons (Fsp3) is 0.308. The van der Waals surface area contributed by atoms with Gasteiger partial charge in [-0.2, -0.15) is 0 Å². The normalized spacial score (nSPS) is 16.9. The van der Waals surface area contributed by atoms with Gasteiger partial charge in [-0.3, -0.25) is 9.59 Å². The molecule has 9 nitrogen and oxygen atoms in total. The number of hydrogen-bond acceptors (Lipinski definition) is 10. The van der Waals surface area contributed by atoms with E-state index in [1.807, 2.05) is 60.7 Å². The molecule has 2 atom stereocenters. The van der Waals surface area contributed by atoms with Gasteiger partial charge in [0, 0.05) is 18.5 Å². The summed E-state index contributed by atoms with van der Waals surface area (Å²) in [7, 11) is 0. The molecule has 1 aliphatic rings. The van der Waals surface area contributed by atoms with Gasteiger partial charge in [0.05, 0.1) is 12.8 Å². The summed E-state index contributed by atoms with van der Waals surface area (Å²) < 4.78 is 0. The van der Waals surface area contributed by atoms with Crippen LogP contribution in [-0.2, 0) is 28.9 Å². The van der Waals surface area contributed by atoms with Crippen LogP contribution in [0.15, 0.2) is 60.7 Å². The molecule has 0 spiro atoms. The van der Waals surface area contributed by atoms with Gasteiger partial charge in [0.15, 0.2) is 0 Å². The Bertz CT molecular complexity index is 1230. The number of carbonyl (C=O) groups is 2. The molecular formula is C26H27N7O2S2. The summed E-state index contributed by atoms with van der Waals surface area (Å²) in [6.45, 7) is 0. The van der Waals surface area contributed by atoms with Crippen LogP contribution in [0.1, 0.15) is 35.4 Å². The number of nitrogens with one attached hydrogen (secondary N) is 3. The molecule has 2 aromatic carbocycles. The monoisotopic (exact) mass is 533 g/mol. The molecule has 0 radical (unpaired) electrons. The summed E-state index contributed by atoms with van der Waals surface area (Å²) in [5.74, 6) is 0.0175. The van der Waals surface area contributed by atoms with Crippen molar-refractivity contribution >= 4 is 49.8 Å². The highest BCUT2D eigenvalue weighted by Gasteiger charge is 2.26. The van der Waals surface area contributed by atoms with Crippen molar-refractivity contribution in [2.24, 2.45) is 0 Å². The maximum Gasteiger partial charge on any atom is 0.230 e. The lowest BCUT2D eigenvalue weighted by molar-refractivity contribution is -0.118. The van der Waals surface area contributed by atoms with Crippen molar-refractivity contribution in [1.29, 1.82) is 0 Å². The Balaban J connectivity index is 1.05. The third kappa shape index (κ3) is 7.40. The lowest BCUT2D eigenvalue weighted by Gasteiger charge is -2.12. The highest BCUT2D eigenvalue weighted by atomic mass is 32.1. The van der Waals surface area contributed by atoms with Crippen LogP contribution in [0, 0.1) is 0 Å². The Morgan fingerprint density at radius 2 is 1.27 bits per heavy atom. The summed E-state index contributed by atoms with van der Waals surface area (Å²) in [4.78, 5) is 24.6. The molecule has 0 bridgehead atoms. The Labute approximate surface area is 222 Å². The number of amides is 1. The van der Waals surface area contributed by atoms with Gasteiger partial charge < -0.3 is 16.0 Å². The summed E-state index contributed by atoms with van der Waals surface area (Å²) in [5, 5.41) is 29.1. The third-order valence-electron chi connectivity index (χ3n) is 6.03. The zero-order valence-corrected chi connectivity index (χ0v) is 21.7. The molecule has 37 heavy (non-hydrogen) atoms. The van der Waals surface area contributed by atoms with Crippen LogP contribution in [0.4, 0.5) is 15.4 Å². The molecule has 1 unspecified atom stereocenters. The minimum absolute atomic E-state index is 0.114. The minimum atomic E-state index is -0.114. The maximum atomic E-state index is 12.4. The number of hydrogen-bond donors (Lipinski definition) is 3. The molecule has 1 saturated carbocycles. The number of anilines is 3. The summed E-state index contributed by atoms with van der Waals surface area (Å²) in [6, 6.07) is 19.8. The molecule has 0 saturated heterocycles. The van der Waals surface area contributed by atoms with E-state index in [-0.39, 0.29) is 23.8 Å². The second kappa shape index (κ2) is 12.0. The van der Waals surface area contributed by atoms with Crippen LogP contribution in [0.25, 0.3) is 0 Å². The van der Waals surface area contributed by atoms with Crippen LogP contribution >= 0.6 is 22.7 Å². The van der Waals surface area contributed by atoms with Crippen molar-refractivity contribution in [3.63, 3.8) is 0 Å². The number of benzene rings is 2. The average Bonchev–Trinajstić information content (AvgIpc) is 3.63. The van der Waals surface area contributed by atoms with Gasteiger partial charge in [0.1, 0.15) is 10.8 Å². The van der Waals surface area contributed by atoms with E-state index < -0.39 is 0 Å². The van der Waals surface area contributed by atoms with Crippen LogP contribution in [0.5, 0.6) is 0 Å². The number of ketones is 1. The van der Waals surface area contributed by atoms with Gasteiger partial charge in [-0.05, 0) is 30.4 Å². The van der Waals surface area contributed by atoms with Gasteiger partial charge in [-0.1, -0.05) is 83.3 Å². The van der Waals surface area contributed by atoms with Gasteiger partial charge >= 0.3 is 0 Å². The lowest BCUT2D eigenvalue weighted by atomic mass is 10.1. The van der Waals surface area contributed by atoms with Crippen LogP contribution < -0.4 is 16.0 Å². The average molecular weight is 534 g/mol. The standard InChI is InChI=1S/C26H27N7O2S2/c34-21(13-17-7-3-1-4-8-17)16-23-30-31-24(36-23)27-19-11-12-20(15-19)28-25-32-33-26(37-25)29-22(35)14-18-9-5-2-6-10-18/h1-10,19-20H,11-16H2,(H,27,31)(H,28,32)(H,29,33,35)/t19?,20-/m1/s1. The number of carbonyl (C=O) groups excluding carboxylic acids is 2. The predicted molar refractivity (Wildman–Crippen MR) is 146 cm³/mol. The first-order valence-corrected chi connectivity index (χ1v) is 13.8. The Morgan fingerprint density at radius 3 is 1.95 bits per heavy atom. The fourth-order valence-corrected chi connectivity index (χ4v) is 5.89. The van der Waals surface area contributed by atoms with Crippen molar-refractivity contribution in [2.75, 3.05) is 16.0 Å². The Hall–Kier alpha value is -3.70. The van der Waals surface area contributed by atoms with E-state index >= 15 is 0 Å². The molecule has 11 heteroatoms. The zero-order valence-electron chi connectivity index (χ0n) is 20.1. The molecule has 2 aromatic heterocycles. The minimum Gasteiger partial charge on any atom is -0.357 e. The Morgan fingerprint density at radius 1 is 0.703 bits per heavy atom. The molecule has 190 valence electrons. The molecule has 1 aliphatic carbocycles. The van der Waals surface area contributed by atoms with E-state index in [0.717, 1.165) is 40.5 Å². The largest absolute Gasteiger partial charge is 0.357 e. The number of aromatic nitrogens is 4. The van der Waals surface area contributed by atoms with E-state index in [4.69, 9.17) is 0 Å². The zero-order chi connectivity index (χ0) is 25.5. The lowest BCUT2D eigenvalue weighted by Crippen LogP contribution is -2.20. The SMILES string of the molecule is O=C(Cc1ccccc1)Cc1nnc(NC2CC[C@@H](Nc3nnc(NC(=O)Cc4ccccc4)s3)C2)s1. The quantitative estimate of drug-likeness (QED) is 0.260. The first-order valence-electron chi connectivity index (χ1n) is 12.2. The molecule has 4 aromatic rings. The molecule has 0 aliphatic heterocycles. The van der Waals surface area contributed by atoms with Gasteiger partial charge in [0.25, 0.3) is 0 Å². The third-order valence-corrected chi connectivity index (χ3v) is 7.65. The van der Waals surface area contributed by atoms with E-state index in [2.05, 4.69) is 36.3 Å².